The fourth-order valence-electron chi connectivity index (χ4n) is 1.81. The van der Waals surface area contributed by atoms with Crippen LogP contribution in [0.25, 0.3) is 0 Å². The van der Waals surface area contributed by atoms with Gasteiger partial charge in [0, 0.05) is 0 Å². The quantitative estimate of drug-likeness (QED) is 0.672. The van der Waals surface area contributed by atoms with Gasteiger partial charge in [0.25, 0.3) is 0 Å². The highest BCUT2D eigenvalue weighted by molar-refractivity contribution is 5.91. The molecule has 0 amide bonds. The highest BCUT2D eigenvalue weighted by atomic mass is 16.4. The Morgan fingerprint density at radius 2 is 1.00 bits per heavy atom. The molecule has 0 aromatic heterocycles. The minimum absolute atomic E-state index is 0.352. The van der Waals surface area contributed by atoms with Gasteiger partial charge in [0.05, 0.1) is 5.56 Å². The van der Waals surface area contributed by atoms with E-state index in [1.54, 1.807) is 0 Å². The molecule has 0 aliphatic heterocycles. The van der Waals surface area contributed by atoms with E-state index >= 15 is 0 Å². The number of hydrogen-bond acceptors (Lipinski definition) is 1. The van der Waals surface area contributed by atoms with Gasteiger partial charge in [-0.3, -0.25) is 0 Å². The van der Waals surface area contributed by atoms with E-state index < -0.39 is 5.97 Å². The number of carbonyl (C=O) groups is 1. The van der Waals surface area contributed by atoms with Crippen LogP contribution in [0.4, 0.5) is 0 Å². The molecule has 0 fully saturated rings. The monoisotopic (exact) mass is 191 g/mol. The van der Waals surface area contributed by atoms with Crippen molar-refractivity contribution >= 4 is 5.97 Å². The Hall–Kier alpha value is -1.31. The van der Waals surface area contributed by atoms with Crippen LogP contribution in [0.3, 0.4) is 0 Å². The Kier molecular flexibility index (Phi) is 2.65. The number of hydrogen-bond donors (Lipinski definition) is 0. The minimum atomic E-state index is -1.08. The summed E-state index contributed by atoms with van der Waals surface area (Å²) in [6.45, 7) is 9.58. The first-order valence-corrected chi connectivity index (χ1v) is 4.66. The van der Waals surface area contributed by atoms with E-state index in [-0.39, 0.29) is 0 Å². The largest absolute Gasteiger partial charge is 0.386 e. The Morgan fingerprint density at radius 1 is 0.714 bits per heavy atom. The van der Waals surface area contributed by atoms with E-state index in [4.69, 9.17) is 0 Å². The van der Waals surface area contributed by atoms with Crippen LogP contribution < -0.4 is 0 Å². The molecule has 1 radical (unpaired) electrons. The van der Waals surface area contributed by atoms with E-state index in [2.05, 4.69) is 0 Å². The second kappa shape index (κ2) is 3.45. The van der Waals surface area contributed by atoms with Crippen LogP contribution in [-0.2, 0) is 5.11 Å². The van der Waals surface area contributed by atoms with Crippen molar-refractivity contribution in [1.29, 1.82) is 0 Å². The lowest BCUT2D eigenvalue weighted by Crippen LogP contribution is -2.07. The molecule has 1 rings (SSSR count). The molecule has 14 heavy (non-hydrogen) atoms. The topological polar surface area (TPSA) is 37.0 Å². The number of rotatable bonds is 1. The van der Waals surface area contributed by atoms with Gasteiger partial charge in [-0.2, -0.15) is 0 Å². The van der Waals surface area contributed by atoms with Crippen LogP contribution in [-0.4, -0.2) is 5.97 Å². The summed E-state index contributed by atoms with van der Waals surface area (Å²) in [6.07, 6.45) is 0. The normalized spacial score (nSPS) is 10.4. The molecule has 0 unspecified atom stereocenters. The van der Waals surface area contributed by atoms with Crippen LogP contribution in [0, 0.1) is 34.6 Å². The van der Waals surface area contributed by atoms with E-state index in [1.165, 1.54) is 5.56 Å². The van der Waals surface area contributed by atoms with Crippen LogP contribution in [0.5, 0.6) is 0 Å². The van der Waals surface area contributed by atoms with Crippen LogP contribution in [0.2, 0.25) is 0 Å². The average Bonchev–Trinajstić information content (AvgIpc) is 2.11. The molecule has 2 nitrogen and oxygen atoms in total. The minimum Gasteiger partial charge on any atom is -0.241 e. The Bertz CT molecular complexity index is 374. The molecule has 0 aliphatic rings. The summed E-state index contributed by atoms with van der Waals surface area (Å²) in [5.74, 6) is -1.08. The van der Waals surface area contributed by atoms with Crippen molar-refractivity contribution in [2.75, 3.05) is 0 Å². The van der Waals surface area contributed by atoms with Crippen molar-refractivity contribution < 1.29 is 9.90 Å². The van der Waals surface area contributed by atoms with Crippen LogP contribution in [0.15, 0.2) is 0 Å². The molecule has 1 aromatic carbocycles. The summed E-state index contributed by atoms with van der Waals surface area (Å²) in [5.41, 5.74) is 5.27. The predicted molar refractivity (Wildman–Crippen MR) is 55.1 cm³/mol. The molecule has 0 bridgehead atoms. The molecular formula is C12H15O2. The lowest BCUT2D eigenvalue weighted by molar-refractivity contribution is 0.0571. The smallest absolute Gasteiger partial charge is 0.241 e. The second-order valence-corrected chi connectivity index (χ2v) is 3.79. The zero-order chi connectivity index (χ0) is 11.0. The summed E-state index contributed by atoms with van der Waals surface area (Å²) in [6, 6.07) is 0. The fourth-order valence-corrected chi connectivity index (χ4v) is 1.81. The van der Waals surface area contributed by atoms with E-state index in [0.29, 0.717) is 5.56 Å². The molecule has 0 aliphatic carbocycles. The first-order chi connectivity index (χ1) is 6.37. The number of carbonyl (C=O) groups excluding carboxylic acids is 1. The molecule has 0 atom stereocenters. The highest BCUT2D eigenvalue weighted by Gasteiger charge is 2.18. The lowest BCUT2D eigenvalue weighted by atomic mass is 9.90. The summed E-state index contributed by atoms with van der Waals surface area (Å²) >= 11 is 0. The molecule has 0 saturated heterocycles. The Balaban J connectivity index is 3.68. The Labute approximate surface area is 84.6 Å². The van der Waals surface area contributed by atoms with Crippen molar-refractivity contribution in [1.82, 2.24) is 0 Å². The second-order valence-electron chi connectivity index (χ2n) is 3.79. The van der Waals surface area contributed by atoms with E-state index in [0.717, 1.165) is 22.3 Å². The summed E-state index contributed by atoms with van der Waals surface area (Å²) in [7, 11) is 0. The third-order valence-corrected chi connectivity index (χ3v) is 3.20. The molecular weight excluding hydrogens is 176 g/mol. The van der Waals surface area contributed by atoms with Gasteiger partial charge in [-0.15, -0.1) is 0 Å². The first kappa shape index (κ1) is 10.8. The molecule has 1 aromatic rings. The van der Waals surface area contributed by atoms with Crippen molar-refractivity contribution in [3.8, 4) is 0 Å². The summed E-state index contributed by atoms with van der Waals surface area (Å²) < 4.78 is 0. The third-order valence-electron chi connectivity index (χ3n) is 3.20. The van der Waals surface area contributed by atoms with Crippen molar-refractivity contribution in [2.24, 2.45) is 0 Å². The molecule has 0 heterocycles. The molecule has 0 saturated carbocycles. The summed E-state index contributed by atoms with van der Waals surface area (Å²) in [4.78, 5) is 10.9. The Morgan fingerprint density at radius 3 is 1.29 bits per heavy atom. The van der Waals surface area contributed by atoms with Gasteiger partial charge < -0.3 is 0 Å². The van der Waals surface area contributed by atoms with E-state index in [1.807, 2.05) is 34.6 Å². The zero-order valence-electron chi connectivity index (χ0n) is 9.32. The third kappa shape index (κ3) is 1.41. The molecule has 75 valence electrons. The molecule has 0 spiro atoms. The fraction of sp³-hybridized carbons (Fsp3) is 0.417. The van der Waals surface area contributed by atoms with Crippen molar-refractivity contribution in [3.63, 3.8) is 0 Å². The van der Waals surface area contributed by atoms with Crippen molar-refractivity contribution in [3.05, 3.63) is 33.4 Å². The van der Waals surface area contributed by atoms with Crippen molar-refractivity contribution in [2.45, 2.75) is 34.6 Å². The van der Waals surface area contributed by atoms with Gasteiger partial charge in [-0.25, -0.2) is 9.90 Å². The predicted octanol–water partition coefficient (Wildman–Crippen LogP) is 2.80. The molecule has 2 heteroatoms. The highest BCUT2D eigenvalue weighted by Crippen LogP contribution is 2.25. The SMILES string of the molecule is Cc1c(C)c(C)c(C([O])=O)c(C)c1C. The van der Waals surface area contributed by atoms with E-state index in [9.17, 15) is 9.90 Å². The van der Waals surface area contributed by atoms with Gasteiger partial charge >= 0.3 is 5.97 Å². The maximum atomic E-state index is 10.9. The first-order valence-electron chi connectivity index (χ1n) is 4.66. The van der Waals surface area contributed by atoms with Gasteiger partial charge in [0.15, 0.2) is 0 Å². The maximum absolute atomic E-state index is 10.9. The van der Waals surface area contributed by atoms with Gasteiger partial charge in [-0.1, -0.05) is 0 Å². The van der Waals surface area contributed by atoms with Gasteiger partial charge in [-0.05, 0) is 62.4 Å². The maximum Gasteiger partial charge on any atom is 0.386 e. The standard InChI is InChI=1S/C12H15O2/c1-6-7(2)9(4)11(12(13)14)10(5)8(6)3/h1-5H3. The number of benzene rings is 1. The molecule has 0 N–H and O–H groups in total. The average molecular weight is 191 g/mol. The van der Waals surface area contributed by atoms with Gasteiger partial charge in [0.1, 0.15) is 0 Å². The zero-order valence-corrected chi connectivity index (χ0v) is 9.32. The van der Waals surface area contributed by atoms with Crippen LogP contribution in [0.1, 0.15) is 38.2 Å². The lowest BCUT2D eigenvalue weighted by Gasteiger charge is -2.14. The summed E-state index contributed by atoms with van der Waals surface area (Å²) in [5, 5.41) is 10.9. The van der Waals surface area contributed by atoms with Gasteiger partial charge in [0.2, 0.25) is 0 Å². The van der Waals surface area contributed by atoms with Crippen LogP contribution >= 0.6 is 0 Å².